The second kappa shape index (κ2) is 7.23. The summed E-state index contributed by atoms with van der Waals surface area (Å²) in [7, 11) is 0. The lowest BCUT2D eigenvalue weighted by Gasteiger charge is -2.45. The van der Waals surface area contributed by atoms with Crippen LogP contribution in [-0.4, -0.2) is 34.3 Å². The van der Waals surface area contributed by atoms with Gasteiger partial charge in [0.2, 0.25) is 11.9 Å². The maximum atomic E-state index is 12.6. The molecule has 3 aliphatic rings. The van der Waals surface area contributed by atoms with E-state index < -0.39 is 5.66 Å². The lowest BCUT2D eigenvalue weighted by atomic mass is 9.87. The number of amides is 2. The van der Waals surface area contributed by atoms with Gasteiger partial charge in [-0.25, -0.2) is 4.99 Å². The Labute approximate surface area is 180 Å². The number of nitrogens with zero attached hydrogens (tertiary/aromatic N) is 4. The Bertz CT molecular complexity index is 1080. The highest BCUT2D eigenvalue weighted by atomic mass is 16.2. The third-order valence-corrected chi connectivity index (χ3v) is 6.26. The molecular weight excluding hydrogens is 392 g/mol. The van der Waals surface area contributed by atoms with Crippen LogP contribution in [0.1, 0.15) is 58.4 Å². The average molecular weight is 416 g/mol. The first kappa shape index (κ1) is 19.3. The van der Waals surface area contributed by atoms with Gasteiger partial charge in [0, 0.05) is 5.69 Å². The van der Waals surface area contributed by atoms with Gasteiger partial charge in [-0.3, -0.25) is 19.4 Å². The fourth-order valence-corrected chi connectivity index (χ4v) is 4.81. The summed E-state index contributed by atoms with van der Waals surface area (Å²) in [5.41, 5.74) is 14.3. The molecule has 1 aliphatic carbocycles. The fraction of sp³-hybridized carbons (Fsp3) is 0.304. The highest BCUT2D eigenvalue weighted by Crippen LogP contribution is 2.39. The number of anilines is 1. The SMILES string of the molecule is NC1=NC2(CCCCC2)N(c2ccc(CN3C(=O)c4ccccc4C3=O)cc2)C(N)=N1. The van der Waals surface area contributed by atoms with Crippen LogP contribution in [0.25, 0.3) is 0 Å². The zero-order chi connectivity index (χ0) is 21.6. The monoisotopic (exact) mass is 416 g/mol. The Morgan fingerprint density at radius 2 is 1.48 bits per heavy atom. The van der Waals surface area contributed by atoms with Crippen LogP contribution in [0.15, 0.2) is 58.5 Å². The summed E-state index contributed by atoms with van der Waals surface area (Å²) in [6, 6.07) is 14.6. The molecule has 4 N–H and O–H groups in total. The van der Waals surface area contributed by atoms with E-state index in [0.717, 1.165) is 36.9 Å². The van der Waals surface area contributed by atoms with E-state index in [4.69, 9.17) is 11.5 Å². The lowest BCUT2D eigenvalue weighted by Crippen LogP contribution is -2.58. The number of carbonyl (C=O) groups is 2. The summed E-state index contributed by atoms with van der Waals surface area (Å²) in [5.74, 6) is 0.0338. The van der Waals surface area contributed by atoms with Gasteiger partial charge in [-0.15, -0.1) is 0 Å². The number of hydrogen-bond donors (Lipinski definition) is 2. The standard InChI is InChI=1S/C23H24N6O2/c24-21-26-22(25)29(23(27-21)12-4-1-5-13-23)16-10-8-15(9-11-16)14-28-19(30)17-6-2-3-7-18(17)20(28)31/h2-3,6-11H,1,4-5,12-14H2,(H4,24,25,26,27). The normalized spacial score (nSPS) is 20.0. The van der Waals surface area contributed by atoms with Crippen molar-refractivity contribution in [3.63, 3.8) is 0 Å². The molecule has 2 aliphatic heterocycles. The molecule has 0 atom stereocenters. The van der Waals surface area contributed by atoms with E-state index in [1.54, 1.807) is 24.3 Å². The van der Waals surface area contributed by atoms with Gasteiger partial charge >= 0.3 is 0 Å². The molecule has 31 heavy (non-hydrogen) atoms. The number of rotatable bonds is 3. The Hall–Kier alpha value is -3.68. The van der Waals surface area contributed by atoms with Gasteiger partial charge in [-0.2, -0.15) is 4.99 Å². The predicted molar refractivity (Wildman–Crippen MR) is 119 cm³/mol. The van der Waals surface area contributed by atoms with E-state index in [2.05, 4.69) is 9.98 Å². The number of carbonyl (C=O) groups excluding carboxylic acids is 2. The van der Waals surface area contributed by atoms with Crippen molar-refractivity contribution in [1.29, 1.82) is 0 Å². The first-order valence-corrected chi connectivity index (χ1v) is 10.5. The predicted octanol–water partition coefficient (Wildman–Crippen LogP) is 2.59. The molecule has 0 unspecified atom stereocenters. The van der Waals surface area contributed by atoms with Gasteiger partial charge in [0.15, 0.2) is 0 Å². The highest BCUT2D eigenvalue weighted by Gasteiger charge is 2.42. The van der Waals surface area contributed by atoms with Gasteiger partial charge in [0.1, 0.15) is 5.66 Å². The number of hydrogen-bond acceptors (Lipinski definition) is 7. The Kier molecular flexibility index (Phi) is 4.50. The van der Waals surface area contributed by atoms with Crippen LogP contribution in [0.2, 0.25) is 0 Å². The van der Waals surface area contributed by atoms with Crippen molar-refractivity contribution in [2.24, 2.45) is 21.5 Å². The van der Waals surface area contributed by atoms with Crippen molar-refractivity contribution in [2.75, 3.05) is 4.90 Å². The van der Waals surface area contributed by atoms with Gasteiger partial charge in [-0.05, 0) is 55.5 Å². The van der Waals surface area contributed by atoms with Crippen LogP contribution in [0.3, 0.4) is 0 Å². The maximum Gasteiger partial charge on any atom is 0.261 e. The zero-order valence-corrected chi connectivity index (χ0v) is 17.1. The molecule has 0 saturated heterocycles. The molecule has 8 nitrogen and oxygen atoms in total. The van der Waals surface area contributed by atoms with Crippen molar-refractivity contribution in [2.45, 2.75) is 44.3 Å². The number of fused-ring (bicyclic) bond motifs is 1. The zero-order valence-electron chi connectivity index (χ0n) is 17.1. The van der Waals surface area contributed by atoms with E-state index >= 15 is 0 Å². The molecule has 2 heterocycles. The Morgan fingerprint density at radius 1 is 0.871 bits per heavy atom. The lowest BCUT2D eigenvalue weighted by molar-refractivity contribution is 0.0642. The molecule has 1 fully saturated rings. The third-order valence-electron chi connectivity index (χ3n) is 6.26. The number of guanidine groups is 2. The van der Waals surface area contributed by atoms with Crippen LogP contribution in [0.4, 0.5) is 5.69 Å². The maximum absolute atomic E-state index is 12.6. The molecule has 2 amide bonds. The molecule has 0 aromatic heterocycles. The molecule has 1 spiro atoms. The molecular formula is C23H24N6O2. The second-order valence-corrected chi connectivity index (χ2v) is 8.23. The van der Waals surface area contributed by atoms with Gasteiger partial charge in [-0.1, -0.05) is 30.7 Å². The molecule has 8 heteroatoms. The average Bonchev–Trinajstić information content (AvgIpc) is 3.00. The quantitative estimate of drug-likeness (QED) is 0.746. The first-order valence-electron chi connectivity index (χ1n) is 10.5. The summed E-state index contributed by atoms with van der Waals surface area (Å²) in [6.07, 6.45) is 5.00. The third kappa shape index (κ3) is 3.15. The summed E-state index contributed by atoms with van der Waals surface area (Å²) in [5, 5.41) is 0. The van der Waals surface area contributed by atoms with Crippen LogP contribution >= 0.6 is 0 Å². The van der Waals surface area contributed by atoms with Crippen molar-refractivity contribution in [1.82, 2.24) is 4.90 Å². The van der Waals surface area contributed by atoms with Crippen LogP contribution < -0.4 is 16.4 Å². The van der Waals surface area contributed by atoms with Crippen molar-refractivity contribution in [3.8, 4) is 0 Å². The van der Waals surface area contributed by atoms with Crippen molar-refractivity contribution < 1.29 is 9.59 Å². The molecule has 5 rings (SSSR count). The summed E-state index contributed by atoms with van der Waals surface area (Å²) >= 11 is 0. The van der Waals surface area contributed by atoms with Crippen molar-refractivity contribution in [3.05, 3.63) is 65.2 Å². The van der Waals surface area contributed by atoms with Crippen LogP contribution in [-0.2, 0) is 6.54 Å². The number of aliphatic imine (C=N–C) groups is 2. The summed E-state index contributed by atoms with van der Waals surface area (Å²) in [4.78, 5) is 37.4. The molecule has 1 saturated carbocycles. The molecule has 2 aromatic carbocycles. The second-order valence-electron chi connectivity index (χ2n) is 8.23. The van der Waals surface area contributed by atoms with E-state index in [-0.39, 0.29) is 24.3 Å². The fourth-order valence-electron chi connectivity index (χ4n) is 4.81. The van der Waals surface area contributed by atoms with E-state index in [0.29, 0.717) is 17.1 Å². The largest absolute Gasteiger partial charge is 0.369 e. The minimum absolute atomic E-state index is 0.215. The Balaban J connectivity index is 1.40. The van der Waals surface area contributed by atoms with E-state index in [1.807, 2.05) is 29.2 Å². The van der Waals surface area contributed by atoms with Crippen LogP contribution in [0.5, 0.6) is 0 Å². The number of imide groups is 1. The first-order chi connectivity index (χ1) is 15.0. The van der Waals surface area contributed by atoms with Crippen LogP contribution in [0, 0.1) is 0 Å². The topological polar surface area (TPSA) is 117 Å². The Morgan fingerprint density at radius 3 is 2.10 bits per heavy atom. The highest BCUT2D eigenvalue weighted by molar-refractivity contribution is 6.21. The van der Waals surface area contributed by atoms with Gasteiger partial charge < -0.3 is 11.5 Å². The van der Waals surface area contributed by atoms with E-state index in [9.17, 15) is 9.59 Å². The van der Waals surface area contributed by atoms with Gasteiger partial charge in [0.05, 0.1) is 17.7 Å². The molecule has 0 radical (unpaired) electrons. The molecule has 0 bridgehead atoms. The number of nitrogens with two attached hydrogens (primary N) is 2. The minimum atomic E-state index is -0.502. The molecule has 2 aromatic rings. The minimum Gasteiger partial charge on any atom is -0.369 e. The molecule has 158 valence electrons. The summed E-state index contributed by atoms with van der Waals surface area (Å²) in [6.45, 7) is 0.215. The smallest absolute Gasteiger partial charge is 0.261 e. The number of benzene rings is 2. The van der Waals surface area contributed by atoms with Gasteiger partial charge in [0.25, 0.3) is 11.8 Å². The van der Waals surface area contributed by atoms with Crippen molar-refractivity contribution >= 4 is 29.4 Å². The van der Waals surface area contributed by atoms with E-state index in [1.165, 1.54) is 11.3 Å². The summed E-state index contributed by atoms with van der Waals surface area (Å²) < 4.78 is 0.